The van der Waals surface area contributed by atoms with E-state index in [1.54, 1.807) is 0 Å². The fourth-order valence-corrected chi connectivity index (χ4v) is 1.88. The molecule has 0 spiro atoms. The molecule has 0 aromatic heterocycles. The third-order valence-corrected chi connectivity index (χ3v) is 3.18. The van der Waals surface area contributed by atoms with Crippen LogP contribution < -0.4 is 0 Å². The highest BCUT2D eigenvalue weighted by Crippen LogP contribution is 2.01. The molecule has 0 saturated carbocycles. The maximum Gasteiger partial charge on any atom is -0.0169 e. The van der Waals surface area contributed by atoms with E-state index in [1.807, 2.05) is 0 Å². The molecular weight excluding hydrogens is 240 g/mol. The van der Waals surface area contributed by atoms with Gasteiger partial charge in [0.15, 0.2) is 0 Å². The van der Waals surface area contributed by atoms with Crippen molar-refractivity contribution in [3.63, 3.8) is 0 Å². The topological polar surface area (TPSA) is 0 Å². The minimum absolute atomic E-state index is 1.06. The molecule has 0 nitrogen and oxygen atoms in total. The summed E-state index contributed by atoms with van der Waals surface area (Å²) in [4.78, 5) is 0. The van der Waals surface area contributed by atoms with Gasteiger partial charge in [-0.3, -0.25) is 0 Å². The molecule has 0 atom stereocenters. The number of rotatable bonds is 13. The highest BCUT2D eigenvalue weighted by atomic mass is 13.9. The molecule has 0 aliphatic carbocycles. The van der Waals surface area contributed by atoms with Gasteiger partial charge in [-0.1, -0.05) is 88.1 Å². The van der Waals surface area contributed by atoms with Crippen molar-refractivity contribution in [3.05, 3.63) is 48.6 Å². The van der Waals surface area contributed by atoms with Crippen molar-refractivity contribution in [1.29, 1.82) is 0 Å². The third-order valence-electron chi connectivity index (χ3n) is 3.18. The van der Waals surface area contributed by atoms with E-state index in [2.05, 4.69) is 62.5 Å². The molecule has 0 aliphatic rings. The van der Waals surface area contributed by atoms with Gasteiger partial charge in [0.05, 0.1) is 0 Å². The Hall–Kier alpha value is -1.04. The number of hydrogen-bond donors (Lipinski definition) is 0. The maximum absolute atomic E-state index is 2.32. The molecule has 0 aliphatic heterocycles. The second-order valence-electron chi connectivity index (χ2n) is 5.23. The van der Waals surface area contributed by atoms with Crippen molar-refractivity contribution < 1.29 is 0 Å². The van der Waals surface area contributed by atoms with E-state index in [0.717, 1.165) is 19.3 Å². The first-order valence-electron chi connectivity index (χ1n) is 8.51. The molecule has 0 bridgehead atoms. The molecule has 0 heterocycles. The Labute approximate surface area is 127 Å². The predicted molar refractivity (Wildman–Crippen MR) is 94.1 cm³/mol. The summed E-state index contributed by atoms with van der Waals surface area (Å²) in [5.41, 5.74) is 0. The van der Waals surface area contributed by atoms with Crippen molar-refractivity contribution in [2.24, 2.45) is 0 Å². The average Bonchev–Trinajstić information content (AvgIpc) is 2.47. The molecule has 0 saturated heterocycles. The van der Waals surface area contributed by atoms with E-state index in [0.29, 0.717) is 0 Å². The molecule has 0 aromatic carbocycles. The molecule has 0 N–H and O–H groups in total. The zero-order valence-corrected chi connectivity index (χ0v) is 13.7. The molecule has 0 radical (unpaired) electrons. The Kier molecular flexibility index (Phi) is 17.0. The summed E-state index contributed by atoms with van der Waals surface area (Å²) < 4.78 is 0. The van der Waals surface area contributed by atoms with Crippen molar-refractivity contribution in [2.45, 2.75) is 78.1 Å². The third kappa shape index (κ3) is 17.0. The van der Waals surface area contributed by atoms with Gasteiger partial charge in [-0.2, -0.15) is 0 Å². The van der Waals surface area contributed by atoms with Crippen LogP contribution in [-0.4, -0.2) is 0 Å². The van der Waals surface area contributed by atoms with Crippen LogP contribution in [0.2, 0.25) is 0 Å². The minimum Gasteiger partial charge on any atom is -0.0882 e. The normalized spacial score (nSPS) is 12.7. The second kappa shape index (κ2) is 18.0. The standard InChI is InChI=1S/C20H34/c1-3-5-7-9-11-13-15-17-19-20-18-16-14-12-10-8-6-4-2/h9,11-12,14-15,17-18,20H,3-8,10,13,16,19H2,1-2H3/b11-9+,14-12+,17-15+,20-18+. The fourth-order valence-electron chi connectivity index (χ4n) is 1.88. The molecule has 114 valence electrons. The molecule has 0 aromatic rings. The van der Waals surface area contributed by atoms with Gasteiger partial charge in [-0.25, -0.2) is 0 Å². The van der Waals surface area contributed by atoms with E-state index in [4.69, 9.17) is 0 Å². The summed E-state index contributed by atoms with van der Waals surface area (Å²) in [7, 11) is 0. The smallest absolute Gasteiger partial charge is 0.0169 e. The van der Waals surface area contributed by atoms with E-state index in [-0.39, 0.29) is 0 Å². The van der Waals surface area contributed by atoms with E-state index in [1.165, 1.54) is 44.9 Å². The van der Waals surface area contributed by atoms with Crippen molar-refractivity contribution in [2.75, 3.05) is 0 Å². The predicted octanol–water partition coefficient (Wildman–Crippen LogP) is 7.15. The highest BCUT2D eigenvalue weighted by molar-refractivity contribution is 4.99. The summed E-state index contributed by atoms with van der Waals surface area (Å²) >= 11 is 0. The maximum atomic E-state index is 2.32. The van der Waals surface area contributed by atoms with Crippen LogP contribution in [0, 0.1) is 0 Å². The Balaban J connectivity index is 3.36. The average molecular weight is 274 g/mol. The molecule has 20 heavy (non-hydrogen) atoms. The lowest BCUT2D eigenvalue weighted by atomic mass is 10.2. The van der Waals surface area contributed by atoms with Crippen molar-refractivity contribution >= 4 is 0 Å². The lowest BCUT2D eigenvalue weighted by molar-refractivity contribution is 0.728. The van der Waals surface area contributed by atoms with Gasteiger partial charge in [0, 0.05) is 0 Å². The molecule has 0 unspecified atom stereocenters. The van der Waals surface area contributed by atoms with Gasteiger partial charge in [0.2, 0.25) is 0 Å². The second-order valence-corrected chi connectivity index (χ2v) is 5.23. The first kappa shape index (κ1) is 19.0. The van der Waals surface area contributed by atoms with Gasteiger partial charge in [0.1, 0.15) is 0 Å². The lowest BCUT2D eigenvalue weighted by Gasteiger charge is -1.90. The molecule has 0 heteroatoms. The number of allylic oxidation sites excluding steroid dienone is 8. The Bertz CT molecular complexity index is 278. The summed E-state index contributed by atoms with van der Waals surface area (Å²) in [6.45, 7) is 4.49. The van der Waals surface area contributed by atoms with E-state index >= 15 is 0 Å². The summed E-state index contributed by atoms with van der Waals surface area (Å²) in [5, 5.41) is 0. The number of hydrogen-bond acceptors (Lipinski definition) is 0. The van der Waals surface area contributed by atoms with Crippen LogP contribution in [-0.2, 0) is 0 Å². The first-order valence-corrected chi connectivity index (χ1v) is 8.51. The van der Waals surface area contributed by atoms with Gasteiger partial charge in [0.25, 0.3) is 0 Å². The largest absolute Gasteiger partial charge is 0.0882 e. The monoisotopic (exact) mass is 274 g/mol. The summed E-state index contributed by atoms with van der Waals surface area (Å²) in [5.74, 6) is 0. The van der Waals surface area contributed by atoms with Crippen LogP contribution in [0.25, 0.3) is 0 Å². The summed E-state index contributed by atoms with van der Waals surface area (Å²) in [6.07, 6.45) is 30.5. The van der Waals surface area contributed by atoms with Gasteiger partial charge in [-0.05, 0) is 38.5 Å². The SMILES string of the molecule is CCCC/C=C/C/C=C/C/C=C/C/C=C/CCCCC. The first-order chi connectivity index (χ1) is 9.91. The quantitative estimate of drug-likeness (QED) is 0.247. The molecule has 0 amide bonds. The molecule has 0 fully saturated rings. The van der Waals surface area contributed by atoms with Gasteiger partial charge in [-0.15, -0.1) is 0 Å². The minimum atomic E-state index is 1.06. The molecular formula is C20H34. The van der Waals surface area contributed by atoms with Crippen LogP contribution in [0.15, 0.2) is 48.6 Å². The number of unbranched alkanes of at least 4 members (excludes halogenated alkanes) is 5. The van der Waals surface area contributed by atoms with Crippen LogP contribution in [0.4, 0.5) is 0 Å². The van der Waals surface area contributed by atoms with E-state index < -0.39 is 0 Å². The Morgan fingerprint density at radius 2 is 0.850 bits per heavy atom. The van der Waals surface area contributed by atoms with Crippen LogP contribution in [0.3, 0.4) is 0 Å². The van der Waals surface area contributed by atoms with Gasteiger partial charge >= 0.3 is 0 Å². The fraction of sp³-hybridized carbons (Fsp3) is 0.600. The highest BCUT2D eigenvalue weighted by Gasteiger charge is 1.80. The van der Waals surface area contributed by atoms with Crippen molar-refractivity contribution in [3.8, 4) is 0 Å². The summed E-state index contributed by atoms with van der Waals surface area (Å²) in [6, 6.07) is 0. The van der Waals surface area contributed by atoms with Crippen molar-refractivity contribution in [1.82, 2.24) is 0 Å². The van der Waals surface area contributed by atoms with Crippen LogP contribution in [0.5, 0.6) is 0 Å². The Morgan fingerprint density at radius 3 is 1.30 bits per heavy atom. The van der Waals surface area contributed by atoms with Crippen LogP contribution in [0.1, 0.15) is 78.1 Å². The van der Waals surface area contributed by atoms with Gasteiger partial charge < -0.3 is 0 Å². The Morgan fingerprint density at radius 1 is 0.450 bits per heavy atom. The molecule has 0 rings (SSSR count). The van der Waals surface area contributed by atoms with Crippen LogP contribution >= 0.6 is 0 Å². The zero-order chi connectivity index (χ0) is 14.7. The zero-order valence-electron chi connectivity index (χ0n) is 13.7. The van der Waals surface area contributed by atoms with E-state index in [9.17, 15) is 0 Å². The lowest BCUT2D eigenvalue weighted by Crippen LogP contribution is -1.70.